The Morgan fingerprint density at radius 2 is 1.78 bits per heavy atom. The summed E-state index contributed by atoms with van der Waals surface area (Å²) < 4.78 is 29.6. The minimum Gasteiger partial charge on any atom is -0.434 e. The molecule has 0 saturated carbocycles. The van der Waals surface area contributed by atoms with Gasteiger partial charge in [-0.15, -0.1) is 0 Å². The summed E-state index contributed by atoms with van der Waals surface area (Å²) in [4.78, 5) is 26.8. The molecule has 2 amide bonds. The molecular weight excluding hydrogens is 354 g/mol. The van der Waals surface area contributed by atoms with Crippen LogP contribution in [0.4, 0.5) is 14.5 Å². The lowest BCUT2D eigenvalue weighted by Gasteiger charge is -2.32. The number of hydrogen-bond acceptors (Lipinski definition) is 3. The van der Waals surface area contributed by atoms with E-state index in [1.54, 1.807) is 18.2 Å². The van der Waals surface area contributed by atoms with E-state index in [1.165, 1.54) is 23.1 Å². The van der Waals surface area contributed by atoms with Crippen LogP contribution < -0.4 is 10.1 Å². The summed E-state index contributed by atoms with van der Waals surface area (Å²) in [5.74, 6) is -1.08. The third kappa shape index (κ3) is 4.81. The van der Waals surface area contributed by atoms with Gasteiger partial charge in [-0.2, -0.15) is 8.78 Å². The minimum absolute atomic E-state index is 0.0712. The molecule has 0 aromatic heterocycles. The number of piperidine rings is 1. The van der Waals surface area contributed by atoms with Gasteiger partial charge in [0.05, 0.1) is 11.5 Å². The van der Waals surface area contributed by atoms with Gasteiger partial charge in [0.15, 0.2) is 0 Å². The number of alkyl halides is 2. The molecule has 3 rings (SSSR count). The first-order chi connectivity index (χ1) is 13.0. The molecule has 1 N–H and O–H groups in total. The highest BCUT2D eigenvalue weighted by Crippen LogP contribution is 2.25. The van der Waals surface area contributed by atoms with Crippen molar-refractivity contribution < 1.29 is 23.1 Å². The van der Waals surface area contributed by atoms with Gasteiger partial charge in [0.2, 0.25) is 5.91 Å². The third-order valence-corrected chi connectivity index (χ3v) is 4.45. The normalized spacial score (nSPS) is 16.9. The van der Waals surface area contributed by atoms with Crippen molar-refractivity contribution in [1.82, 2.24) is 4.90 Å². The van der Waals surface area contributed by atoms with Gasteiger partial charge >= 0.3 is 6.61 Å². The lowest BCUT2D eigenvalue weighted by molar-refractivity contribution is -0.121. The van der Waals surface area contributed by atoms with Crippen LogP contribution in [0.5, 0.6) is 5.75 Å². The Bertz CT molecular complexity index is 799. The van der Waals surface area contributed by atoms with Crippen LogP contribution in [0.1, 0.15) is 23.2 Å². The van der Waals surface area contributed by atoms with Crippen molar-refractivity contribution >= 4 is 17.5 Å². The zero-order chi connectivity index (χ0) is 19.2. The third-order valence-electron chi connectivity index (χ3n) is 4.45. The summed E-state index contributed by atoms with van der Waals surface area (Å²) in [5.41, 5.74) is 0.767. The van der Waals surface area contributed by atoms with Crippen molar-refractivity contribution in [2.75, 3.05) is 18.4 Å². The average molecular weight is 374 g/mol. The molecule has 0 bridgehead atoms. The lowest BCUT2D eigenvalue weighted by atomic mass is 9.96. The topological polar surface area (TPSA) is 58.6 Å². The van der Waals surface area contributed by atoms with Crippen molar-refractivity contribution in [1.29, 1.82) is 0 Å². The number of halogens is 2. The number of carbonyl (C=O) groups is 2. The van der Waals surface area contributed by atoms with Crippen molar-refractivity contribution in [3.63, 3.8) is 0 Å². The summed E-state index contributed by atoms with van der Waals surface area (Å²) in [6.07, 6.45) is 1.33. The second-order valence-corrected chi connectivity index (χ2v) is 6.32. The monoisotopic (exact) mass is 374 g/mol. The Hall–Kier alpha value is -2.96. The van der Waals surface area contributed by atoms with E-state index in [0.29, 0.717) is 25.1 Å². The number of nitrogens with one attached hydrogen (secondary N) is 1. The van der Waals surface area contributed by atoms with Crippen LogP contribution in [-0.2, 0) is 4.79 Å². The van der Waals surface area contributed by atoms with Crippen molar-refractivity contribution in [3.05, 3.63) is 60.2 Å². The van der Waals surface area contributed by atoms with Crippen molar-refractivity contribution in [2.45, 2.75) is 19.5 Å². The molecule has 2 aromatic rings. The molecular formula is C20H20F2N2O3. The van der Waals surface area contributed by atoms with Gasteiger partial charge in [0, 0.05) is 18.8 Å². The SMILES string of the molecule is O=C(Nc1ccccc1)[C@@H]1CCCN(C(=O)c2ccccc2OC(F)F)C1. The number of nitrogens with zero attached hydrogens (tertiary/aromatic N) is 1. The predicted octanol–water partition coefficient (Wildman–Crippen LogP) is 3.78. The molecule has 1 atom stereocenters. The average Bonchev–Trinajstić information content (AvgIpc) is 2.68. The van der Waals surface area contributed by atoms with E-state index in [2.05, 4.69) is 10.1 Å². The smallest absolute Gasteiger partial charge is 0.387 e. The molecule has 1 heterocycles. The summed E-state index contributed by atoms with van der Waals surface area (Å²) in [6, 6.07) is 15.0. The van der Waals surface area contributed by atoms with Crippen molar-refractivity contribution in [2.24, 2.45) is 5.92 Å². The molecule has 1 aliphatic rings. The number of ether oxygens (including phenoxy) is 1. The summed E-state index contributed by atoms with van der Waals surface area (Å²) in [6.45, 7) is -2.30. The maximum Gasteiger partial charge on any atom is 0.387 e. The number of likely N-dealkylation sites (tertiary alicyclic amines) is 1. The van der Waals surface area contributed by atoms with Gasteiger partial charge in [-0.05, 0) is 37.1 Å². The Kier molecular flexibility index (Phi) is 6.01. The zero-order valence-electron chi connectivity index (χ0n) is 14.6. The number of carbonyl (C=O) groups excluding carboxylic acids is 2. The van der Waals surface area contributed by atoms with E-state index in [-0.39, 0.29) is 29.7 Å². The molecule has 0 spiro atoms. The predicted molar refractivity (Wildman–Crippen MR) is 96.8 cm³/mol. The Balaban J connectivity index is 1.69. The lowest BCUT2D eigenvalue weighted by Crippen LogP contribution is -2.43. The minimum atomic E-state index is -3.01. The van der Waals surface area contributed by atoms with Crippen LogP contribution in [0, 0.1) is 5.92 Å². The van der Waals surface area contributed by atoms with Gasteiger partial charge in [-0.1, -0.05) is 30.3 Å². The standard InChI is InChI=1S/C20H20F2N2O3/c21-20(22)27-17-11-5-4-10-16(17)19(26)24-12-6-7-14(13-24)18(25)23-15-8-2-1-3-9-15/h1-5,8-11,14,20H,6-7,12-13H2,(H,23,25)/t14-/m1/s1. The quantitative estimate of drug-likeness (QED) is 0.867. The second-order valence-electron chi connectivity index (χ2n) is 6.32. The van der Waals surface area contributed by atoms with Gasteiger partial charge in [0.25, 0.3) is 5.91 Å². The van der Waals surface area contributed by atoms with Crippen molar-refractivity contribution in [3.8, 4) is 5.75 Å². The molecule has 1 aliphatic heterocycles. The first-order valence-electron chi connectivity index (χ1n) is 8.73. The van der Waals surface area contributed by atoms with Gasteiger partial charge in [0.1, 0.15) is 5.75 Å². The fourth-order valence-corrected chi connectivity index (χ4v) is 3.15. The molecule has 7 heteroatoms. The first kappa shape index (κ1) is 18.8. The molecule has 0 unspecified atom stereocenters. The van der Waals surface area contributed by atoms with Crippen LogP contribution in [0.25, 0.3) is 0 Å². The van der Waals surface area contributed by atoms with Gasteiger partial charge < -0.3 is 15.0 Å². The van der Waals surface area contributed by atoms with Crippen LogP contribution in [0.3, 0.4) is 0 Å². The van der Waals surface area contributed by atoms with E-state index in [4.69, 9.17) is 0 Å². The van der Waals surface area contributed by atoms with E-state index < -0.39 is 12.5 Å². The maximum atomic E-state index is 12.8. The maximum absolute atomic E-state index is 12.8. The number of benzene rings is 2. The summed E-state index contributed by atoms with van der Waals surface area (Å²) in [5, 5.41) is 2.85. The first-order valence-corrected chi connectivity index (χ1v) is 8.73. The Labute approximate surface area is 155 Å². The zero-order valence-corrected chi connectivity index (χ0v) is 14.6. The van der Waals surface area contributed by atoms with E-state index >= 15 is 0 Å². The molecule has 1 fully saturated rings. The number of para-hydroxylation sites is 2. The highest BCUT2D eigenvalue weighted by atomic mass is 19.3. The second kappa shape index (κ2) is 8.62. The number of amides is 2. The molecule has 1 saturated heterocycles. The molecule has 142 valence electrons. The molecule has 0 aliphatic carbocycles. The molecule has 5 nitrogen and oxygen atoms in total. The Morgan fingerprint density at radius 3 is 2.52 bits per heavy atom. The number of anilines is 1. The summed E-state index contributed by atoms with van der Waals surface area (Å²) >= 11 is 0. The van der Waals surface area contributed by atoms with E-state index in [0.717, 1.165) is 0 Å². The van der Waals surface area contributed by atoms with Crippen LogP contribution >= 0.6 is 0 Å². The molecule has 0 radical (unpaired) electrons. The molecule has 2 aromatic carbocycles. The van der Waals surface area contributed by atoms with Gasteiger partial charge in [-0.25, -0.2) is 0 Å². The number of hydrogen-bond donors (Lipinski definition) is 1. The fourth-order valence-electron chi connectivity index (χ4n) is 3.15. The fraction of sp³-hybridized carbons (Fsp3) is 0.300. The van der Waals surface area contributed by atoms with Gasteiger partial charge in [-0.3, -0.25) is 9.59 Å². The highest BCUT2D eigenvalue weighted by Gasteiger charge is 2.30. The largest absolute Gasteiger partial charge is 0.434 e. The van der Waals surface area contributed by atoms with E-state index in [9.17, 15) is 18.4 Å². The summed E-state index contributed by atoms with van der Waals surface area (Å²) in [7, 11) is 0. The van der Waals surface area contributed by atoms with Crippen LogP contribution in [-0.4, -0.2) is 36.4 Å². The molecule has 27 heavy (non-hydrogen) atoms. The van der Waals surface area contributed by atoms with Crippen LogP contribution in [0.15, 0.2) is 54.6 Å². The number of rotatable bonds is 5. The van der Waals surface area contributed by atoms with Crippen LogP contribution in [0.2, 0.25) is 0 Å². The highest BCUT2D eigenvalue weighted by molar-refractivity contribution is 5.98. The van der Waals surface area contributed by atoms with E-state index in [1.807, 2.05) is 18.2 Å². The Morgan fingerprint density at radius 1 is 1.07 bits per heavy atom.